The van der Waals surface area contributed by atoms with Gasteiger partial charge in [-0.05, 0) is 12.7 Å². The van der Waals surface area contributed by atoms with Crippen molar-refractivity contribution >= 4 is 57.0 Å². The van der Waals surface area contributed by atoms with Gasteiger partial charge in [-0.15, -0.1) is 0 Å². The maximum absolute atomic E-state index is 2.91. The van der Waals surface area contributed by atoms with Crippen LogP contribution in [0.4, 0.5) is 0 Å². The van der Waals surface area contributed by atoms with E-state index in [0.29, 0.717) is 0 Å². The molecule has 0 amide bonds. The summed E-state index contributed by atoms with van der Waals surface area (Å²) in [7, 11) is 0. The van der Waals surface area contributed by atoms with E-state index in [0.717, 1.165) is 0 Å². The van der Waals surface area contributed by atoms with Crippen molar-refractivity contribution in [3.05, 3.63) is 0 Å². The van der Waals surface area contributed by atoms with Crippen molar-refractivity contribution < 1.29 is 70.3 Å². The summed E-state index contributed by atoms with van der Waals surface area (Å²) < 4.78 is 0. The molecule has 4 heavy (non-hydrogen) atoms. The quantitative estimate of drug-likeness (QED) is 0.288. The van der Waals surface area contributed by atoms with E-state index in [4.69, 9.17) is 0 Å². The molecule has 22 valence electrons. The molecule has 0 saturated heterocycles. The molecule has 0 aromatic carbocycles. The van der Waals surface area contributed by atoms with E-state index < -0.39 is 0 Å². The molecule has 0 unspecified atom stereocenters. The first-order valence-corrected chi connectivity index (χ1v) is 4.98. The van der Waals surface area contributed by atoms with Crippen molar-refractivity contribution in [2.45, 2.75) is 0 Å². The molecular weight excluding hydrogens is 458 g/mol. The van der Waals surface area contributed by atoms with Gasteiger partial charge in [0.05, 0.1) is 0 Å². The summed E-state index contributed by atoms with van der Waals surface area (Å²) in [5.41, 5.74) is 0. The first-order valence-electron chi connectivity index (χ1n) is 0.143. The summed E-state index contributed by atoms with van der Waals surface area (Å²) in [5, 5.41) is 0. The van der Waals surface area contributed by atoms with E-state index in [-0.39, 0.29) is 94.2 Å². The van der Waals surface area contributed by atoms with Crippen LogP contribution in [0.3, 0.4) is 0 Å². The van der Waals surface area contributed by atoms with E-state index in [2.05, 4.69) is 12.7 Å². The Kier molecular flexibility index (Phi) is 61.7. The molecule has 0 atom stereocenters. The predicted octanol–water partition coefficient (Wildman–Crippen LogP) is -2.07. The van der Waals surface area contributed by atoms with Crippen LogP contribution in [-0.2, 0) is 0 Å². The number of halogens is 2. The summed E-state index contributed by atoms with van der Waals surface area (Å²) in [5.74, 6) is 0. The van der Waals surface area contributed by atoms with Crippen LogP contribution in [0, 0.1) is 0 Å². The average Bonchev–Trinajstić information content (AvgIpc) is 1.00. The zero-order valence-corrected chi connectivity index (χ0v) is 16.5. The molecule has 0 aliphatic rings. The van der Waals surface area contributed by atoms with Crippen molar-refractivity contribution in [3.8, 4) is 0 Å². The van der Waals surface area contributed by atoms with Crippen LogP contribution < -0.4 is 68.9 Å². The second-order valence-electron chi connectivity index (χ2n) is 0. The second kappa shape index (κ2) is 15.7. The van der Waals surface area contributed by atoms with Crippen molar-refractivity contribution in [3.63, 3.8) is 0 Å². The summed E-state index contributed by atoms with van der Waals surface area (Å²) in [6.45, 7) is 0. The van der Waals surface area contributed by atoms with Crippen LogP contribution in [-0.4, -0.2) is 23.9 Å². The van der Waals surface area contributed by atoms with E-state index in [9.17, 15) is 0 Å². The third-order valence-electron chi connectivity index (χ3n) is 0. The fourth-order valence-corrected chi connectivity index (χ4v) is 0. The zero-order valence-electron chi connectivity index (χ0n) is 3.46. The fourth-order valence-electron chi connectivity index (χ4n) is 0. The third kappa shape index (κ3) is 9.41. The Morgan fingerprint density at radius 3 is 1.50 bits per heavy atom. The normalized spacial score (nSPS) is 1.50. The third-order valence-corrected chi connectivity index (χ3v) is 0. The Labute approximate surface area is 123 Å². The molecule has 0 aliphatic carbocycles. The molecular formula is H3BrCsISn. The summed E-state index contributed by atoms with van der Waals surface area (Å²) in [4.78, 5) is 0. The molecule has 2 radical (unpaired) electrons. The van der Waals surface area contributed by atoms with Gasteiger partial charge >= 0.3 is 92.8 Å². The Balaban J connectivity index is -0.00000000167. The van der Waals surface area contributed by atoms with Gasteiger partial charge < -0.3 is 1.43 Å². The molecule has 0 bridgehead atoms. The molecule has 0 N–H and O–H groups in total. The van der Waals surface area contributed by atoms with Gasteiger partial charge in [0, 0.05) is 20.4 Å². The molecule has 4 heteroatoms. The topological polar surface area (TPSA) is 0 Å². The van der Waals surface area contributed by atoms with Crippen molar-refractivity contribution in [1.82, 2.24) is 0 Å². The van der Waals surface area contributed by atoms with Crippen LogP contribution >= 0.6 is 33.1 Å². The van der Waals surface area contributed by atoms with Crippen LogP contribution in [0.15, 0.2) is 0 Å². The molecule has 0 nitrogen and oxygen atoms in total. The van der Waals surface area contributed by atoms with Crippen molar-refractivity contribution in [2.75, 3.05) is 0 Å². The maximum atomic E-state index is 2.91. The Hall–Kier alpha value is 4.06. The first kappa shape index (κ1) is 15.7. The molecule has 0 aliphatic heterocycles. The van der Waals surface area contributed by atoms with Gasteiger partial charge in [-0.3, -0.25) is 0 Å². The summed E-state index contributed by atoms with van der Waals surface area (Å²) in [6, 6.07) is 0. The Morgan fingerprint density at radius 2 is 1.50 bits per heavy atom. The van der Waals surface area contributed by atoms with Gasteiger partial charge in [-0.1, -0.05) is 0 Å². The van der Waals surface area contributed by atoms with Gasteiger partial charge in [0.1, 0.15) is 0 Å². The Bertz CT molecular complexity index is 11.6. The SMILES string of the molecule is BrI.[Cs+].[H-].[SnH2]. The predicted molar refractivity (Wildman–Crippen MR) is 32.6 cm³/mol. The van der Waals surface area contributed by atoms with E-state index in [1.54, 1.807) is 0 Å². The van der Waals surface area contributed by atoms with E-state index >= 15 is 0 Å². The van der Waals surface area contributed by atoms with E-state index in [1.165, 1.54) is 0 Å². The number of rotatable bonds is 0. The van der Waals surface area contributed by atoms with Crippen LogP contribution in [0.25, 0.3) is 0 Å². The molecule has 0 aromatic rings. The van der Waals surface area contributed by atoms with Crippen LogP contribution in [0.5, 0.6) is 0 Å². The van der Waals surface area contributed by atoms with Gasteiger partial charge in [0.15, 0.2) is 0 Å². The monoisotopic (exact) mass is 462 g/mol. The molecule has 0 saturated carbocycles. The fraction of sp³-hybridized carbons (Fsp3) is 0. The van der Waals surface area contributed by atoms with Crippen LogP contribution in [0.2, 0.25) is 0 Å². The van der Waals surface area contributed by atoms with Gasteiger partial charge in [0.25, 0.3) is 0 Å². The average molecular weight is 461 g/mol. The number of hydrogen-bond donors (Lipinski definition) is 0. The minimum atomic E-state index is 0. The first-order chi connectivity index (χ1) is 1.00. The molecule has 0 heterocycles. The molecule has 0 aromatic heterocycles. The Morgan fingerprint density at radius 1 is 1.50 bits per heavy atom. The van der Waals surface area contributed by atoms with Crippen LogP contribution in [0.1, 0.15) is 1.43 Å². The van der Waals surface area contributed by atoms with Crippen molar-refractivity contribution in [2.24, 2.45) is 0 Å². The second-order valence-corrected chi connectivity index (χ2v) is 0. The summed E-state index contributed by atoms with van der Waals surface area (Å²) in [6.07, 6.45) is 0. The summed E-state index contributed by atoms with van der Waals surface area (Å²) >= 11 is 4.87. The van der Waals surface area contributed by atoms with Gasteiger partial charge in [-0.25, -0.2) is 0 Å². The van der Waals surface area contributed by atoms with E-state index in [1.807, 2.05) is 20.4 Å². The standard InChI is InChI=1S/BrI.Cs.Sn.3H/c1-2;;;;;/q;+1;;;;-1. The molecule has 0 rings (SSSR count). The minimum absolute atomic E-state index is 0. The van der Waals surface area contributed by atoms with Gasteiger partial charge in [0.2, 0.25) is 0 Å². The number of hydrogen-bond acceptors (Lipinski definition) is 0. The van der Waals surface area contributed by atoms with Crippen molar-refractivity contribution in [1.29, 1.82) is 0 Å². The molecule has 0 spiro atoms. The van der Waals surface area contributed by atoms with Gasteiger partial charge in [-0.2, -0.15) is 0 Å². The molecule has 0 fully saturated rings. The zero-order chi connectivity index (χ0) is 2.00.